The highest BCUT2D eigenvalue weighted by Crippen LogP contribution is 2.07. The smallest absolute Gasteiger partial charge is 0.326 e. The fourth-order valence-electron chi connectivity index (χ4n) is 4.44. The van der Waals surface area contributed by atoms with Crippen molar-refractivity contribution in [2.24, 2.45) is 5.73 Å². The number of hydrogen-bond acceptors (Lipinski definition) is 12. The molecular formula is C29H42N10O11S. The Bertz CT molecular complexity index is 1510. The first kappa shape index (κ1) is 41.7. The van der Waals surface area contributed by atoms with E-state index in [2.05, 4.69) is 46.5 Å². The number of nitrogens with two attached hydrogens (primary N) is 1. The fourth-order valence-corrected chi connectivity index (χ4v) is 4.93. The lowest BCUT2D eigenvalue weighted by atomic mass is 10.1. The van der Waals surface area contributed by atoms with Crippen LogP contribution in [0.15, 0.2) is 25.0 Å². The van der Waals surface area contributed by atoms with Crippen LogP contribution in [0.1, 0.15) is 44.0 Å². The van der Waals surface area contributed by atoms with Crippen molar-refractivity contribution >= 4 is 59.2 Å². The zero-order chi connectivity index (χ0) is 38.1. The van der Waals surface area contributed by atoms with Crippen molar-refractivity contribution in [3.05, 3.63) is 36.4 Å². The first-order valence-electron chi connectivity index (χ1n) is 15.5. The Kier molecular flexibility index (Phi) is 17.1. The minimum Gasteiger partial charge on any atom is -0.481 e. The number of imidazole rings is 2. The molecule has 22 heteroatoms. The molecule has 0 spiro atoms. The number of aromatic nitrogens is 4. The molecule has 2 aromatic rings. The van der Waals surface area contributed by atoms with Crippen molar-refractivity contribution in [1.29, 1.82) is 0 Å². The molecule has 5 amide bonds. The minimum atomic E-state index is -1.82. The predicted octanol–water partition coefficient (Wildman–Crippen LogP) is -3.13. The van der Waals surface area contributed by atoms with Crippen LogP contribution in [0.5, 0.6) is 0 Å². The third kappa shape index (κ3) is 14.9. The predicted molar refractivity (Wildman–Crippen MR) is 178 cm³/mol. The summed E-state index contributed by atoms with van der Waals surface area (Å²) < 4.78 is 0. The maximum atomic E-state index is 13.5. The van der Waals surface area contributed by atoms with E-state index in [1.807, 2.05) is 6.26 Å². The molecule has 0 saturated carbocycles. The van der Waals surface area contributed by atoms with Gasteiger partial charge < -0.3 is 57.6 Å². The van der Waals surface area contributed by atoms with Crippen LogP contribution in [0.2, 0.25) is 0 Å². The molecule has 0 saturated heterocycles. The van der Waals surface area contributed by atoms with Crippen LogP contribution in [0.3, 0.4) is 0 Å². The number of carboxylic acids is 3. The fraction of sp³-hybridized carbons (Fsp3) is 0.517. The highest BCUT2D eigenvalue weighted by atomic mass is 32.2. The number of carboxylic acid groups (broad SMARTS) is 3. The Morgan fingerprint density at radius 2 is 1.20 bits per heavy atom. The quantitative estimate of drug-likeness (QED) is 0.0537. The van der Waals surface area contributed by atoms with Crippen LogP contribution in [0, 0.1) is 0 Å². The molecule has 0 aliphatic heterocycles. The van der Waals surface area contributed by atoms with Gasteiger partial charge in [0.15, 0.2) is 0 Å². The molecule has 2 aromatic heterocycles. The molecule has 21 nitrogen and oxygen atoms in total. The van der Waals surface area contributed by atoms with E-state index < -0.39 is 103 Å². The van der Waals surface area contributed by atoms with E-state index in [-0.39, 0.29) is 12.8 Å². The highest BCUT2D eigenvalue weighted by Gasteiger charge is 2.33. The lowest BCUT2D eigenvalue weighted by Gasteiger charge is -2.25. The van der Waals surface area contributed by atoms with Crippen molar-refractivity contribution in [3.63, 3.8) is 0 Å². The summed E-state index contributed by atoms with van der Waals surface area (Å²) in [6.45, 7) is 1.23. The van der Waals surface area contributed by atoms with Crippen LogP contribution < -0.4 is 32.3 Å². The molecule has 0 unspecified atom stereocenters. The van der Waals surface area contributed by atoms with E-state index in [1.54, 1.807) is 0 Å². The van der Waals surface area contributed by atoms with Gasteiger partial charge in [-0.25, -0.2) is 14.8 Å². The molecule has 0 fully saturated rings. The largest absolute Gasteiger partial charge is 0.481 e. The molecule has 0 aromatic carbocycles. The van der Waals surface area contributed by atoms with Gasteiger partial charge in [0.25, 0.3) is 0 Å². The number of nitrogens with one attached hydrogen (secondary N) is 7. The second-order valence-corrected chi connectivity index (χ2v) is 12.3. The lowest BCUT2D eigenvalue weighted by Crippen LogP contribution is -2.59. The van der Waals surface area contributed by atoms with E-state index in [4.69, 9.17) is 10.8 Å². The standard InChI is InChI=1S/C29H42N10O11S/c1-14(24(44)37-19(7-15-10-31-12-33-15)28(48)39-21(29(49)50)9-23(42)43)35-26(46)18(3-4-22(40)41)36-27(47)20(8-16-11-32-13-34-16)38-25(45)17(30)5-6-51-2/h10-14,17-21H,3-9,30H2,1-2H3,(H,31,33)(H,32,34)(H,35,46)(H,36,47)(H,37,44)(H,38,45)(H,39,48)(H,40,41)(H,42,43)(H,49,50)/t14-,17-,18-,19-,20-,21-/m0/s1. The first-order valence-corrected chi connectivity index (χ1v) is 16.9. The van der Waals surface area contributed by atoms with Gasteiger partial charge in [-0.3, -0.25) is 33.6 Å². The number of aliphatic carboxylic acids is 3. The number of hydrogen-bond donors (Lipinski definition) is 11. The molecular weight excluding hydrogens is 696 g/mol. The van der Waals surface area contributed by atoms with Gasteiger partial charge >= 0.3 is 17.9 Å². The molecule has 6 atom stereocenters. The number of thioether (sulfide) groups is 1. The molecule has 12 N–H and O–H groups in total. The van der Waals surface area contributed by atoms with E-state index in [0.29, 0.717) is 23.6 Å². The minimum absolute atomic E-state index is 0.0894. The normalized spacial score (nSPS) is 14.4. The van der Waals surface area contributed by atoms with Gasteiger partial charge in [0, 0.05) is 43.0 Å². The number of rotatable bonds is 23. The third-order valence-electron chi connectivity index (χ3n) is 7.22. The van der Waals surface area contributed by atoms with Crippen molar-refractivity contribution in [3.8, 4) is 0 Å². The van der Waals surface area contributed by atoms with Crippen molar-refractivity contribution < 1.29 is 53.7 Å². The molecule has 2 heterocycles. The molecule has 0 aliphatic carbocycles. The summed E-state index contributed by atoms with van der Waals surface area (Å²) >= 11 is 1.47. The highest BCUT2D eigenvalue weighted by molar-refractivity contribution is 7.98. The van der Waals surface area contributed by atoms with Gasteiger partial charge in [0.1, 0.15) is 30.2 Å². The van der Waals surface area contributed by atoms with Gasteiger partial charge in [0.2, 0.25) is 29.5 Å². The van der Waals surface area contributed by atoms with E-state index in [0.717, 1.165) is 0 Å². The van der Waals surface area contributed by atoms with Crippen molar-refractivity contribution in [1.82, 2.24) is 46.5 Å². The molecule has 0 radical (unpaired) electrons. The summed E-state index contributed by atoms with van der Waals surface area (Å²) in [5.41, 5.74) is 6.76. The van der Waals surface area contributed by atoms with Gasteiger partial charge in [-0.2, -0.15) is 11.8 Å². The number of carbonyl (C=O) groups is 8. The Morgan fingerprint density at radius 1 is 0.706 bits per heavy atom. The van der Waals surface area contributed by atoms with Gasteiger partial charge in [-0.05, 0) is 31.8 Å². The Balaban J connectivity index is 2.21. The number of H-pyrrole nitrogens is 2. The average Bonchev–Trinajstić information content (AvgIpc) is 3.78. The Morgan fingerprint density at radius 3 is 1.65 bits per heavy atom. The molecule has 2 rings (SSSR count). The van der Waals surface area contributed by atoms with E-state index in [9.17, 15) is 48.6 Å². The lowest BCUT2D eigenvalue weighted by molar-refractivity contribution is -0.147. The SMILES string of the molecule is CSCC[C@H](N)C(=O)N[C@@H](Cc1cnc[nH]1)C(=O)N[C@@H](CCC(=O)O)C(=O)N[C@@H](C)C(=O)N[C@@H](Cc1cnc[nH]1)C(=O)N[C@@H](CC(=O)O)C(=O)O. The maximum Gasteiger partial charge on any atom is 0.326 e. The zero-order valence-electron chi connectivity index (χ0n) is 27.7. The topological polar surface area (TPSA) is 341 Å². The first-order chi connectivity index (χ1) is 24.1. The van der Waals surface area contributed by atoms with Gasteiger partial charge in [-0.1, -0.05) is 0 Å². The van der Waals surface area contributed by atoms with E-state index >= 15 is 0 Å². The monoisotopic (exact) mass is 738 g/mol. The summed E-state index contributed by atoms with van der Waals surface area (Å²) in [4.78, 5) is 113. The summed E-state index contributed by atoms with van der Waals surface area (Å²) in [5, 5.41) is 39.4. The summed E-state index contributed by atoms with van der Waals surface area (Å²) in [6, 6.07) is -8.40. The van der Waals surface area contributed by atoms with Crippen molar-refractivity contribution in [2.45, 2.75) is 81.7 Å². The van der Waals surface area contributed by atoms with Crippen LogP contribution >= 0.6 is 11.8 Å². The maximum absolute atomic E-state index is 13.5. The zero-order valence-corrected chi connectivity index (χ0v) is 28.5. The van der Waals surface area contributed by atoms with Crippen LogP contribution in [0.25, 0.3) is 0 Å². The summed E-state index contributed by atoms with van der Waals surface area (Å²) in [6.07, 6.45) is 5.30. The van der Waals surface area contributed by atoms with Crippen LogP contribution in [0.4, 0.5) is 0 Å². The second-order valence-electron chi connectivity index (χ2n) is 11.3. The Labute approximate surface area is 295 Å². The number of amides is 5. The van der Waals surface area contributed by atoms with Gasteiger partial charge in [0.05, 0.1) is 25.1 Å². The van der Waals surface area contributed by atoms with Crippen LogP contribution in [-0.2, 0) is 51.2 Å². The molecule has 0 aliphatic rings. The number of nitrogens with zero attached hydrogens (tertiary/aromatic N) is 2. The van der Waals surface area contributed by atoms with E-state index in [1.165, 1.54) is 43.7 Å². The molecule has 280 valence electrons. The third-order valence-corrected chi connectivity index (χ3v) is 7.86. The number of aromatic amines is 2. The van der Waals surface area contributed by atoms with Crippen LogP contribution in [-0.4, -0.2) is 131 Å². The molecule has 0 bridgehead atoms. The number of carbonyl (C=O) groups excluding carboxylic acids is 5. The van der Waals surface area contributed by atoms with Gasteiger partial charge in [-0.15, -0.1) is 0 Å². The molecule has 51 heavy (non-hydrogen) atoms. The Hall–Kier alpha value is -5.51. The summed E-state index contributed by atoms with van der Waals surface area (Å²) in [5.74, 6) is -8.29. The van der Waals surface area contributed by atoms with Crippen molar-refractivity contribution in [2.75, 3.05) is 12.0 Å². The second kappa shape index (κ2) is 20.9. The summed E-state index contributed by atoms with van der Waals surface area (Å²) in [7, 11) is 0. The average molecular weight is 739 g/mol.